The number of rotatable bonds is 5. The molecule has 2 heterocycles. The van der Waals surface area contributed by atoms with Crippen LogP contribution < -0.4 is 5.32 Å². The van der Waals surface area contributed by atoms with Crippen LogP contribution >= 0.6 is 0 Å². The van der Waals surface area contributed by atoms with Crippen molar-refractivity contribution in [3.8, 4) is 0 Å². The lowest BCUT2D eigenvalue weighted by Crippen LogP contribution is -2.42. The molecule has 2 unspecified atom stereocenters. The minimum atomic E-state index is 0.450. The van der Waals surface area contributed by atoms with E-state index in [9.17, 15) is 0 Å². The Hall–Kier alpha value is -1.55. The number of nitrogens with one attached hydrogen (secondary N) is 1. The quantitative estimate of drug-likeness (QED) is 0.658. The lowest BCUT2D eigenvalue weighted by Gasteiger charge is -2.25. The van der Waals surface area contributed by atoms with Gasteiger partial charge in [-0.15, -0.1) is 0 Å². The third kappa shape index (κ3) is 4.75. The zero-order valence-electron chi connectivity index (χ0n) is 16.2. The Morgan fingerprint density at radius 2 is 2.08 bits per heavy atom. The standard InChI is InChI=1S/C21H34N4/c1-4-22-21(23-15-18(3)19-9-7-8-17(2)14-19)25-13-10-20(16-25)24-11-5-6-12-24/h7-9,14,18,20H,4-6,10-13,15-16H2,1-3H3,(H,22,23). The van der Waals surface area contributed by atoms with Crippen LogP contribution in [0.15, 0.2) is 29.3 Å². The van der Waals surface area contributed by atoms with E-state index in [1.165, 1.54) is 43.5 Å². The first-order valence-corrected chi connectivity index (χ1v) is 10.0. The average molecular weight is 343 g/mol. The van der Waals surface area contributed by atoms with Gasteiger partial charge < -0.3 is 10.2 Å². The van der Waals surface area contributed by atoms with Crippen molar-refractivity contribution in [1.82, 2.24) is 15.1 Å². The highest BCUT2D eigenvalue weighted by Crippen LogP contribution is 2.21. The molecule has 0 radical (unpaired) electrons. The molecule has 138 valence electrons. The van der Waals surface area contributed by atoms with E-state index in [0.717, 1.165) is 38.2 Å². The van der Waals surface area contributed by atoms with E-state index >= 15 is 0 Å². The number of aryl methyl sites for hydroxylation is 1. The van der Waals surface area contributed by atoms with Crippen molar-refractivity contribution in [2.75, 3.05) is 39.3 Å². The molecule has 3 rings (SSSR count). The van der Waals surface area contributed by atoms with Gasteiger partial charge in [-0.2, -0.15) is 0 Å². The Balaban J connectivity index is 1.61. The second-order valence-electron chi connectivity index (χ2n) is 7.64. The summed E-state index contributed by atoms with van der Waals surface area (Å²) in [7, 11) is 0. The van der Waals surface area contributed by atoms with Gasteiger partial charge in [0.2, 0.25) is 0 Å². The monoisotopic (exact) mass is 342 g/mol. The van der Waals surface area contributed by atoms with E-state index in [2.05, 4.69) is 60.2 Å². The second-order valence-corrected chi connectivity index (χ2v) is 7.64. The molecule has 0 amide bonds. The fourth-order valence-corrected chi connectivity index (χ4v) is 4.07. The van der Waals surface area contributed by atoms with Crippen LogP contribution in [0.5, 0.6) is 0 Å². The number of aliphatic imine (C=N–C) groups is 1. The van der Waals surface area contributed by atoms with Gasteiger partial charge in [-0.3, -0.25) is 9.89 Å². The van der Waals surface area contributed by atoms with Crippen molar-refractivity contribution in [2.45, 2.75) is 52.0 Å². The number of hydrogen-bond donors (Lipinski definition) is 1. The number of nitrogens with zero attached hydrogens (tertiary/aromatic N) is 3. The molecule has 4 heteroatoms. The Bertz CT molecular complexity index is 577. The van der Waals surface area contributed by atoms with Crippen LogP contribution in [0.1, 0.15) is 50.2 Å². The van der Waals surface area contributed by atoms with Crippen LogP contribution in [0, 0.1) is 6.92 Å². The minimum absolute atomic E-state index is 0.450. The van der Waals surface area contributed by atoms with Gasteiger partial charge in [-0.25, -0.2) is 0 Å². The van der Waals surface area contributed by atoms with Crippen molar-refractivity contribution >= 4 is 5.96 Å². The third-order valence-electron chi connectivity index (χ3n) is 5.58. The van der Waals surface area contributed by atoms with Gasteiger partial charge in [0.1, 0.15) is 0 Å². The Morgan fingerprint density at radius 3 is 2.80 bits per heavy atom. The number of likely N-dealkylation sites (tertiary alicyclic amines) is 2. The molecule has 2 aliphatic heterocycles. The van der Waals surface area contributed by atoms with Crippen LogP contribution in [-0.2, 0) is 0 Å². The first-order valence-electron chi connectivity index (χ1n) is 10.0. The van der Waals surface area contributed by atoms with Gasteiger partial charge in [-0.1, -0.05) is 36.8 Å². The lowest BCUT2D eigenvalue weighted by atomic mass is 10.00. The van der Waals surface area contributed by atoms with Crippen molar-refractivity contribution in [3.05, 3.63) is 35.4 Å². The molecule has 4 nitrogen and oxygen atoms in total. The predicted octanol–water partition coefficient (Wildman–Crippen LogP) is 3.23. The van der Waals surface area contributed by atoms with Crippen LogP contribution in [-0.4, -0.2) is 61.1 Å². The normalized spacial score (nSPS) is 23.2. The largest absolute Gasteiger partial charge is 0.357 e. The highest BCUT2D eigenvalue weighted by molar-refractivity contribution is 5.80. The molecule has 1 aromatic rings. The molecular weight excluding hydrogens is 308 g/mol. The lowest BCUT2D eigenvalue weighted by molar-refractivity contribution is 0.249. The Labute approximate surface area is 153 Å². The number of guanidine groups is 1. The highest BCUT2D eigenvalue weighted by Gasteiger charge is 2.30. The molecule has 0 bridgehead atoms. The van der Waals surface area contributed by atoms with Gasteiger partial charge >= 0.3 is 0 Å². The van der Waals surface area contributed by atoms with E-state index in [-0.39, 0.29) is 0 Å². The average Bonchev–Trinajstić information content (AvgIpc) is 3.29. The summed E-state index contributed by atoms with van der Waals surface area (Å²) in [6, 6.07) is 9.54. The summed E-state index contributed by atoms with van der Waals surface area (Å²) in [6.07, 6.45) is 4.02. The first-order chi connectivity index (χ1) is 12.2. The van der Waals surface area contributed by atoms with Crippen LogP contribution in [0.4, 0.5) is 0 Å². The van der Waals surface area contributed by atoms with E-state index in [0.29, 0.717) is 5.92 Å². The molecule has 0 saturated carbocycles. The molecule has 2 fully saturated rings. The van der Waals surface area contributed by atoms with Crippen LogP contribution in [0.2, 0.25) is 0 Å². The summed E-state index contributed by atoms with van der Waals surface area (Å²) < 4.78 is 0. The molecule has 1 aromatic carbocycles. The van der Waals surface area contributed by atoms with Gasteiger partial charge in [0, 0.05) is 38.1 Å². The zero-order chi connectivity index (χ0) is 17.6. The fourth-order valence-electron chi connectivity index (χ4n) is 4.07. The van der Waals surface area contributed by atoms with Gasteiger partial charge in [-0.05, 0) is 51.8 Å². The maximum atomic E-state index is 4.98. The summed E-state index contributed by atoms with van der Waals surface area (Å²) >= 11 is 0. The predicted molar refractivity (Wildman–Crippen MR) is 106 cm³/mol. The molecule has 25 heavy (non-hydrogen) atoms. The summed E-state index contributed by atoms with van der Waals surface area (Å²) in [5.74, 6) is 1.55. The topological polar surface area (TPSA) is 30.9 Å². The van der Waals surface area contributed by atoms with Crippen molar-refractivity contribution in [2.24, 2.45) is 4.99 Å². The summed E-state index contributed by atoms with van der Waals surface area (Å²) in [5, 5.41) is 3.51. The Kier molecular flexibility index (Phi) is 6.35. The smallest absolute Gasteiger partial charge is 0.193 e. The van der Waals surface area contributed by atoms with Crippen molar-refractivity contribution < 1.29 is 0 Å². The van der Waals surface area contributed by atoms with E-state index in [4.69, 9.17) is 4.99 Å². The number of benzene rings is 1. The summed E-state index contributed by atoms with van der Waals surface area (Å²) in [4.78, 5) is 10.1. The molecule has 2 saturated heterocycles. The molecular formula is C21H34N4. The van der Waals surface area contributed by atoms with Crippen molar-refractivity contribution in [1.29, 1.82) is 0 Å². The summed E-state index contributed by atoms with van der Waals surface area (Å²) in [6.45, 7) is 13.2. The van der Waals surface area contributed by atoms with Gasteiger partial charge in [0.15, 0.2) is 5.96 Å². The van der Waals surface area contributed by atoms with Crippen LogP contribution in [0.3, 0.4) is 0 Å². The molecule has 2 aliphatic rings. The molecule has 0 spiro atoms. The van der Waals surface area contributed by atoms with Crippen molar-refractivity contribution in [3.63, 3.8) is 0 Å². The number of hydrogen-bond acceptors (Lipinski definition) is 2. The second kappa shape index (κ2) is 8.70. The molecule has 2 atom stereocenters. The Morgan fingerprint density at radius 1 is 1.28 bits per heavy atom. The maximum absolute atomic E-state index is 4.98. The van der Waals surface area contributed by atoms with Crippen LogP contribution in [0.25, 0.3) is 0 Å². The highest BCUT2D eigenvalue weighted by atomic mass is 15.3. The first kappa shape index (κ1) is 18.2. The molecule has 1 N–H and O–H groups in total. The minimum Gasteiger partial charge on any atom is -0.357 e. The molecule has 0 aromatic heterocycles. The molecule has 0 aliphatic carbocycles. The maximum Gasteiger partial charge on any atom is 0.193 e. The van der Waals surface area contributed by atoms with E-state index < -0.39 is 0 Å². The van der Waals surface area contributed by atoms with Gasteiger partial charge in [0.05, 0.1) is 0 Å². The zero-order valence-corrected chi connectivity index (χ0v) is 16.2. The summed E-state index contributed by atoms with van der Waals surface area (Å²) in [5.41, 5.74) is 2.71. The SMILES string of the molecule is CCNC(=NCC(C)c1cccc(C)c1)N1CCC(N2CCCC2)C1. The van der Waals surface area contributed by atoms with E-state index in [1.807, 2.05) is 0 Å². The van der Waals surface area contributed by atoms with E-state index in [1.54, 1.807) is 0 Å². The third-order valence-corrected chi connectivity index (χ3v) is 5.58. The fraction of sp³-hybridized carbons (Fsp3) is 0.667. The van der Waals surface area contributed by atoms with Gasteiger partial charge in [0.25, 0.3) is 0 Å².